The topological polar surface area (TPSA) is 34.1 Å². The van der Waals surface area contributed by atoms with Crippen molar-refractivity contribution in [3.05, 3.63) is 22.9 Å². The molecule has 122 valence electrons. The minimum Gasteiger partial charge on any atom is -0.474 e. The summed E-state index contributed by atoms with van der Waals surface area (Å²) in [5, 5.41) is 3.31. The van der Waals surface area contributed by atoms with Gasteiger partial charge in [0.2, 0.25) is 5.88 Å². The maximum Gasteiger partial charge on any atom is 0.418 e. The lowest BCUT2D eigenvalue weighted by molar-refractivity contribution is -0.138. The molecule has 1 aliphatic carbocycles. The number of hydrogen-bond acceptors (Lipinski definition) is 3. The van der Waals surface area contributed by atoms with E-state index in [0.717, 1.165) is 38.8 Å². The zero-order valence-corrected chi connectivity index (χ0v) is 12.9. The molecule has 3 rings (SSSR count). The molecule has 1 saturated heterocycles. The first-order chi connectivity index (χ1) is 10.3. The van der Waals surface area contributed by atoms with Crippen molar-refractivity contribution in [3.63, 3.8) is 0 Å². The molecular formula is C16H21F3N2O. The highest BCUT2D eigenvalue weighted by Crippen LogP contribution is 2.41. The molecule has 2 fully saturated rings. The number of aromatic nitrogens is 1. The van der Waals surface area contributed by atoms with Crippen molar-refractivity contribution in [3.8, 4) is 5.88 Å². The second kappa shape index (κ2) is 5.41. The van der Waals surface area contributed by atoms with Crippen LogP contribution in [0, 0.1) is 19.3 Å². The molecule has 1 aromatic heterocycles. The molecule has 0 unspecified atom stereocenters. The molecule has 3 nitrogen and oxygen atoms in total. The molecule has 1 aromatic rings. The van der Waals surface area contributed by atoms with E-state index in [9.17, 15) is 13.2 Å². The molecule has 1 saturated carbocycles. The predicted molar refractivity (Wildman–Crippen MR) is 76.9 cm³/mol. The van der Waals surface area contributed by atoms with Crippen LogP contribution in [-0.4, -0.2) is 24.2 Å². The van der Waals surface area contributed by atoms with Gasteiger partial charge in [-0.2, -0.15) is 13.2 Å². The normalized spacial score (nSPS) is 21.7. The van der Waals surface area contributed by atoms with Crippen molar-refractivity contribution in [2.24, 2.45) is 5.41 Å². The number of hydrogen-bond donors (Lipinski definition) is 1. The maximum absolute atomic E-state index is 12.9. The molecule has 0 radical (unpaired) electrons. The van der Waals surface area contributed by atoms with E-state index >= 15 is 0 Å². The Morgan fingerprint density at radius 3 is 2.32 bits per heavy atom. The number of alkyl halides is 3. The predicted octanol–water partition coefficient (Wildman–Crippen LogP) is 3.63. The minimum atomic E-state index is -4.37. The molecule has 22 heavy (non-hydrogen) atoms. The summed E-state index contributed by atoms with van der Waals surface area (Å²) in [5.41, 5.74) is -0.0503. The summed E-state index contributed by atoms with van der Waals surface area (Å²) in [7, 11) is 0. The lowest BCUT2D eigenvalue weighted by Gasteiger charge is -2.47. The second-order valence-corrected chi connectivity index (χ2v) is 6.66. The first-order valence-electron chi connectivity index (χ1n) is 7.72. The Hall–Kier alpha value is -1.30. The van der Waals surface area contributed by atoms with Crippen LogP contribution in [0.3, 0.4) is 0 Å². The van der Waals surface area contributed by atoms with Gasteiger partial charge < -0.3 is 10.1 Å². The van der Waals surface area contributed by atoms with Crippen molar-refractivity contribution >= 4 is 0 Å². The molecule has 6 heteroatoms. The van der Waals surface area contributed by atoms with E-state index in [1.54, 1.807) is 0 Å². The third-order valence-electron chi connectivity index (χ3n) is 4.94. The molecule has 1 aliphatic heterocycles. The number of rotatable bonds is 2. The molecule has 1 N–H and O–H groups in total. The third kappa shape index (κ3) is 2.93. The summed E-state index contributed by atoms with van der Waals surface area (Å²) < 4.78 is 44.7. The second-order valence-electron chi connectivity index (χ2n) is 6.66. The molecular weight excluding hydrogens is 293 g/mol. The van der Waals surface area contributed by atoms with Crippen LogP contribution < -0.4 is 10.1 Å². The highest BCUT2D eigenvalue weighted by molar-refractivity contribution is 5.35. The van der Waals surface area contributed by atoms with Gasteiger partial charge in [-0.1, -0.05) is 0 Å². The number of ether oxygens (including phenoxy) is 1. The van der Waals surface area contributed by atoms with Crippen LogP contribution in [0.25, 0.3) is 0 Å². The van der Waals surface area contributed by atoms with Crippen molar-refractivity contribution in [1.29, 1.82) is 0 Å². The van der Waals surface area contributed by atoms with Gasteiger partial charge in [-0.25, -0.2) is 4.98 Å². The summed E-state index contributed by atoms with van der Waals surface area (Å²) in [6, 6.07) is 1.41. The van der Waals surface area contributed by atoms with Crippen molar-refractivity contribution < 1.29 is 17.9 Å². The van der Waals surface area contributed by atoms with E-state index < -0.39 is 11.7 Å². The van der Waals surface area contributed by atoms with Gasteiger partial charge in [0.05, 0.1) is 11.3 Å². The van der Waals surface area contributed by atoms with E-state index in [4.69, 9.17) is 4.74 Å². The highest BCUT2D eigenvalue weighted by atomic mass is 19.4. The maximum atomic E-state index is 12.9. The Kier molecular flexibility index (Phi) is 3.83. The van der Waals surface area contributed by atoms with E-state index in [1.807, 2.05) is 0 Å². The number of pyridine rings is 1. The average Bonchev–Trinajstić information content (AvgIpc) is 2.35. The lowest BCUT2D eigenvalue weighted by Crippen LogP contribution is -2.55. The smallest absolute Gasteiger partial charge is 0.418 e. The van der Waals surface area contributed by atoms with Crippen LogP contribution >= 0.6 is 0 Å². The van der Waals surface area contributed by atoms with Gasteiger partial charge in [-0.3, -0.25) is 0 Å². The van der Waals surface area contributed by atoms with E-state index in [0.29, 0.717) is 11.3 Å². The molecule has 2 aliphatic rings. The molecule has 0 amide bonds. The monoisotopic (exact) mass is 314 g/mol. The molecule has 0 atom stereocenters. The van der Waals surface area contributed by atoms with E-state index in [2.05, 4.69) is 10.3 Å². The van der Waals surface area contributed by atoms with Crippen LogP contribution in [0.2, 0.25) is 0 Å². The van der Waals surface area contributed by atoms with Gasteiger partial charge in [0.25, 0.3) is 0 Å². The van der Waals surface area contributed by atoms with Crippen LogP contribution in [0.15, 0.2) is 6.07 Å². The number of aryl methyl sites for hydroxylation is 2. The van der Waals surface area contributed by atoms with Crippen LogP contribution in [0.4, 0.5) is 13.2 Å². The Morgan fingerprint density at radius 2 is 1.86 bits per heavy atom. The molecule has 1 spiro atoms. The lowest BCUT2D eigenvalue weighted by atomic mass is 9.69. The van der Waals surface area contributed by atoms with Gasteiger partial charge in [0, 0.05) is 19.2 Å². The van der Waals surface area contributed by atoms with Crippen molar-refractivity contribution in [2.75, 3.05) is 13.1 Å². The average molecular weight is 314 g/mol. The SMILES string of the molecule is Cc1cc(OC2CCC3(CC2)CNC3)nc(C)c1C(F)(F)F. The summed E-state index contributed by atoms with van der Waals surface area (Å²) in [4.78, 5) is 4.01. The fourth-order valence-corrected chi connectivity index (χ4v) is 3.61. The van der Waals surface area contributed by atoms with Gasteiger partial charge in [0.15, 0.2) is 0 Å². The first-order valence-corrected chi connectivity index (χ1v) is 7.72. The van der Waals surface area contributed by atoms with E-state index in [-0.39, 0.29) is 17.4 Å². The van der Waals surface area contributed by atoms with E-state index in [1.165, 1.54) is 19.9 Å². The number of nitrogens with zero attached hydrogens (tertiary/aromatic N) is 1. The number of nitrogens with one attached hydrogen (secondary N) is 1. The summed E-state index contributed by atoms with van der Waals surface area (Å²) in [6.07, 6.45) is -0.180. The van der Waals surface area contributed by atoms with Crippen molar-refractivity contribution in [2.45, 2.75) is 51.8 Å². The van der Waals surface area contributed by atoms with Crippen LogP contribution in [0.1, 0.15) is 42.5 Å². The van der Waals surface area contributed by atoms with Gasteiger partial charge in [-0.05, 0) is 50.5 Å². The minimum absolute atomic E-state index is 0.0158. The Labute approximate surface area is 128 Å². The number of halogens is 3. The Morgan fingerprint density at radius 1 is 1.23 bits per heavy atom. The molecule has 0 aromatic carbocycles. The van der Waals surface area contributed by atoms with Gasteiger partial charge >= 0.3 is 6.18 Å². The van der Waals surface area contributed by atoms with Gasteiger partial charge in [-0.15, -0.1) is 0 Å². The Bertz CT molecular complexity index is 534. The highest BCUT2D eigenvalue weighted by Gasteiger charge is 2.41. The summed E-state index contributed by atoms with van der Waals surface area (Å²) in [6.45, 7) is 5.01. The van der Waals surface area contributed by atoms with Crippen molar-refractivity contribution in [1.82, 2.24) is 10.3 Å². The van der Waals surface area contributed by atoms with Crippen LogP contribution in [0.5, 0.6) is 5.88 Å². The first kappa shape index (κ1) is 15.6. The quantitative estimate of drug-likeness (QED) is 0.905. The fraction of sp³-hybridized carbons (Fsp3) is 0.688. The third-order valence-corrected chi connectivity index (χ3v) is 4.94. The zero-order valence-electron chi connectivity index (χ0n) is 12.9. The summed E-state index contributed by atoms with van der Waals surface area (Å²) in [5.74, 6) is 0.315. The fourth-order valence-electron chi connectivity index (χ4n) is 3.61. The van der Waals surface area contributed by atoms with Gasteiger partial charge in [0.1, 0.15) is 6.10 Å². The Balaban J connectivity index is 1.68. The zero-order chi connectivity index (χ0) is 16.0. The molecule has 0 bridgehead atoms. The molecule has 2 heterocycles. The van der Waals surface area contributed by atoms with Crippen LogP contribution in [-0.2, 0) is 6.18 Å². The summed E-state index contributed by atoms with van der Waals surface area (Å²) >= 11 is 0. The standard InChI is InChI=1S/C16H21F3N2O/c1-10-7-13(21-11(2)14(10)16(17,18)19)22-12-3-5-15(6-4-12)8-20-9-15/h7,12,20H,3-6,8-9H2,1-2H3. The largest absolute Gasteiger partial charge is 0.474 e.